The van der Waals surface area contributed by atoms with E-state index >= 15 is 0 Å². The summed E-state index contributed by atoms with van der Waals surface area (Å²) in [6.45, 7) is 2.76. The van der Waals surface area contributed by atoms with E-state index in [0.717, 1.165) is 32.8 Å². The number of hydrogen-bond acceptors (Lipinski definition) is 4. The molecule has 0 unspecified atom stereocenters. The predicted molar refractivity (Wildman–Crippen MR) is 80.4 cm³/mol. The zero-order valence-corrected chi connectivity index (χ0v) is 12.5. The first kappa shape index (κ1) is 13.1. The molecule has 0 aliphatic carbocycles. The van der Waals surface area contributed by atoms with Crippen LogP contribution in [0.25, 0.3) is 0 Å². The molecule has 2 aromatic rings. The normalized spacial score (nSPS) is 12.5. The molecular formula is C15H14BrNO3. The van der Waals surface area contributed by atoms with Gasteiger partial charge in [-0.3, -0.25) is 0 Å². The molecule has 104 valence electrons. The van der Waals surface area contributed by atoms with Gasteiger partial charge in [0, 0.05) is 22.8 Å². The number of halogens is 1. The van der Waals surface area contributed by atoms with Gasteiger partial charge in [0.2, 0.25) is 6.79 Å². The number of phenols is 1. The fourth-order valence-electron chi connectivity index (χ4n) is 2.01. The summed E-state index contributed by atoms with van der Waals surface area (Å²) in [5.74, 6) is 1.81. The second kappa shape index (κ2) is 5.25. The summed E-state index contributed by atoms with van der Waals surface area (Å²) < 4.78 is 11.7. The lowest BCUT2D eigenvalue weighted by atomic mass is 10.1. The first-order chi connectivity index (χ1) is 9.63. The molecule has 0 spiro atoms. The van der Waals surface area contributed by atoms with E-state index in [9.17, 15) is 5.11 Å². The van der Waals surface area contributed by atoms with E-state index in [2.05, 4.69) is 21.2 Å². The van der Waals surface area contributed by atoms with Crippen LogP contribution in [0.1, 0.15) is 11.1 Å². The third kappa shape index (κ3) is 2.54. The molecule has 2 N–H and O–H groups in total. The van der Waals surface area contributed by atoms with Crippen molar-refractivity contribution in [3.8, 4) is 17.2 Å². The fraction of sp³-hybridized carbons (Fsp3) is 0.200. The average Bonchev–Trinajstić information content (AvgIpc) is 2.87. The Hall–Kier alpha value is -1.88. The quantitative estimate of drug-likeness (QED) is 0.895. The number of nitrogens with one attached hydrogen (secondary N) is 1. The Balaban J connectivity index is 1.76. The number of aryl methyl sites for hydroxylation is 1. The Bertz CT molecular complexity index is 658. The average molecular weight is 336 g/mol. The van der Waals surface area contributed by atoms with Gasteiger partial charge >= 0.3 is 0 Å². The lowest BCUT2D eigenvalue weighted by Gasteiger charge is -2.10. The Morgan fingerprint density at radius 3 is 2.70 bits per heavy atom. The highest BCUT2D eigenvalue weighted by molar-refractivity contribution is 9.10. The van der Waals surface area contributed by atoms with E-state index in [0.29, 0.717) is 12.3 Å². The van der Waals surface area contributed by atoms with Gasteiger partial charge in [-0.1, -0.05) is 22.0 Å². The molecule has 0 aromatic heterocycles. The van der Waals surface area contributed by atoms with Crippen LogP contribution >= 0.6 is 15.9 Å². The van der Waals surface area contributed by atoms with Gasteiger partial charge in [0.25, 0.3) is 0 Å². The Labute approximate surface area is 125 Å². The summed E-state index contributed by atoms with van der Waals surface area (Å²) in [4.78, 5) is 0. The van der Waals surface area contributed by atoms with Crippen LogP contribution in [0.15, 0.2) is 34.8 Å². The maximum Gasteiger partial charge on any atom is 0.231 e. The third-order valence-corrected chi connectivity index (χ3v) is 3.97. The number of phenolic OH excluding ortho intramolecular Hbond substituents is 1. The molecule has 0 atom stereocenters. The lowest BCUT2D eigenvalue weighted by molar-refractivity contribution is 0.174. The molecule has 1 heterocycles. The van der Waals surface area contributed by atoms with Crippen LogP contribution in [-0.2, 0) is 6.54 Å². The van der Waals surface area contributed by atoms with Crippen molar-refractivity contribution in [1.82, 2.24) is 0 Å². The van der Waals surface area contributed by atoms with Crippen LogP contribution in [0.2, 0.25) is 0 Å². The first-order valence-electron chi connectivity index (χ1n) is 6.25. The van der Waals surface area contributed by atoms with Crippen LogP contribution < -0.4 is 14.8 Å². The minimum absolute atomic E-state index is 0.268. The second-order valence-electron chi connectivity index (χ2n) is 4.65. The highest BCUT2D eigenvalue weighted by atomic mass is 79.9. The molecule has 0 fully saturated rings. The predicted octanol–water partition coefficient (Wildman–Crippen LogP) is 3.80. The number of anilines is 1. The van der Waals surface area contributed by atoms with Crippen molar-refractivity contribution >= 4 is 21.6 Å². The molecule has 0 amide bonds. The number of ether oxygens (including phenoxy) is 2. The molecule has 1 aliphatic heterocycles. The zero-order chi connectivity index (χ0) is 14.1. The summed E-state index contributed by atoms with van der Waals surface area (Å²) >= 11 is 3.52. The van der Waals surface area contributed by atoms with Gasteiger partial charge in [-0.2, -0.15) is 0 Å². The molecule has 0 saturated carbocycles. The minimum atomic E-state index is 0.268. The van der Waals surface area contributed by atoms with Crippen LogP contribution in [0.4, 0.5) is 5.69 Å². The first-order valence-corrected chi connectivity index (χ1v) is 7.04. The molecule has 0 saturated heterocycles. The third-order valence-electron chi connectivity index (χ3n) is 3.23. The topological polar surface area (TPSA) is 50.7 Å². The number of aromatic hydroxyl groups is 1. The summed E-state index contributed by atoms with van der Waals surface area (Å²) in [6, 6.07) is 9.40. The highest BCUT2D eigenvalue weighted by Gasteiger charge is 2.16. The van der Waals surface area contributed by atoms with Crippen LogP contribution in [-0.4, -0.2) is 11.9 Å². The smallest absolute Gasteiger partial charge is 0.231 e. The lowest BCUT2D eigenvalue weighted by Crippen LogP contribution is -2.00. The summed E-state index contributed by atoms with van der Waals surface area (Å²) in [6.07, 6.45) is 0. The van der Waals surface area contributed by atoms with Crippen molar-refractivity contribution in [1.29, 1.82) is 0 Å². The van der Waals surface area contributed by atoms with Gasteiger partial charge in [0.15, 0.2) is 11.5 Å². The van der Waals surface area contributed by atoms with Crippen molar-refractivity contribution in [2.24, 2.45) is 0 Å². The monoisotopic (exact) mass is 335 g/mol. The largest absolute Gasteiger partial charge is 0.508 e. The van der Waals surface area contributed by atoms with Crippen LogP contribution in [0.5, 0.6) is 17.2 Å². The maximum absolute atomic E-state index is 9.69. The van der Waals surface area contributed by atoms with Gasteiger partial charge < -0.3 is 19.9 Å². The van der Waals surface area contributed by atoms with Crippen molar-refractivity contribution < 1.29 is 14.6 Å². The standard InChI is InChI=1S/C15H14BrNO3/c1-9-2-3-11(5-13(9)18)17-7-10-4-14-15(6-12(10)16)20-8-19-14/h2-6,17-18H,7-8H2,1H3. The van der Waals surface area contributed by atoms with E-state index in [1.807, 2.05) is 31.2 Å². The van der Waals surface area contributed by atoms with Crippen LogP contribution in [0.3, 0.4) is 0 Å². The Morgan fingerprint density at radius 2 is 1.95 bits per heavy atom. The second-order valence-corrected chi connectivity index (χ2v) is 5.51. The molecule has 2 aromatic carbocycles. The van der Waals surface area contributed by atoms with E-state index in [1.165, 1.54) is 0 Å². The number of hydrogen-bond donors (Lipinski definition) is 2. The van der Waals surface area contributed by atoms with E-state index in [1.54, 1.807) is 6.07 Å². The Morgan fingerprint density at radius 1 is 1.20 bits per heavy atom. The number of rotatable bonds is 3. The molecule has 4 nitrogen and oxygen atoms in total. The van der Waals surface area contributed by atoms with Gasteiger partial charge in [-0.25, -0.2) is 0 Å². The van der Waals surface area contributed by atoms with Crippen molar-refractivity contribution in [2.75, 3.05) is 12.1 Å². The van der Waals surface area contributed by atoms with E-state index < -0.39 is 0 Å². The SMILES string of the molecule is Cc1ccc(NCc2cc3c(cc2Br)OCO3)cc1O. The van der Waals surface area contributed by atoms with Gasteiger partial charge in [0.05, 0.1) is 0 Å². The van der Waals surface area contributed by atoms with Gasteiger partial charge in [0.1, 0.15) is 5.75 Å². The van der Waals surface area contributed by atoms with E-state index in [-0.39, 0.29) is 6.79 Å². The van der Waals surface area contributed by atoms with Gasteiger partial charge in [-0.05, 0) is 36.2 Å². The van der Waals surface area contributed by atoms with Gasteiger partial charge in [-0.15, -0.1) is 0 Å². The summed E-state index contributed by atoms with van der Waals surface area (Å²) in [5.41, 5.74) is 2.80. The van der Waals surface area contributed by atoms with Crippen LogP contribution in [0, 0.1) is 6.92 Å². The van der Waals surface area contributed by atoms with Crippen molar-refractivity contribution in [3.63, 3.8) is 0 Å². The van der Waals surface area contributed by atoms with Crippen molar-refractivity contribution in [2.45, 2.75) is 13.5 Å². The van der Waals surface area contributed by atoms with Crippen molar-refractivity contribution in [3.05, 3.63) is 45.9 Å². The summed E-state index contributed by atoms with van der Waals surface area (Å²) in [5, 5.41) is 13.0. The summed E-state index contributed by atoms with van der Waals surface area (Å²) in [7, 11) is 0. The fourth-order valence-corrected chi connectivity index (χ4v) is 2.47. The molecule has 0 radical (unpaired) electrons. The Kier molecular flexibility index (Phi) is 3.44. The molecule has 20 heavy (non-hydrogen) atoms. The number of benzene rings is 2. The van der Waals surface area contributed by atoms with E-state index in [4.69, 9.17) is 9.47 Å². The molecule has 5 heteroatoms. The minimum Gasteiger partial charge on any atom is -0.508 e. The molecular weight excluding hydrogens is 322 g/mol. The zero-order valence-electron chi connectivity index (χ0n) is 10.9. The molecule has 3 rings (SSSR count). The highest BCUT2D eigenvalue weighted by Crippen LogP contribution is 2.37. The molecule has 1 aliphatic rings. The number of fused-ring (bicyclic) bond motifs is 1. The maximum atomic E-state index is 9.69. The molecule has 0 bridgehead atoms.